The summed E-state index contributed by atoms with van der Waals surface area (Å²) in [7, 11) is 1.46. The fraction of sp³-hybridized carbons (Fsp3) is 0.810. The minimum absolute atomic E-state index is 0.0939. The molecule has 0 atom stereocenters. The molecule has 0 unspecified atom stereocenters. The average molecular weight is 522 g/mol. The van der Waals surface area contributed by atoms with Gasteiger partial charge in [-0.3, -0.25) is 38.8 Å². The van der Waals surface area contributed by atoms with Crippen LogP contribution in [0.1, 0.15) is 0 Å². The van der Waals surface area contributed by atoms with E-state index in [-0.39, 0.29) is 91.1 Å². The van der Waals surface area contributed by atoms with Crippen LogP contribution in [0.25, 0.3) is 0 Å². The van der Waals surface area contributed by atoms with E-state index in [9.17, 15) is 44.7 Å². The standard InChI is InChI=1S/C21H39N5O10/c1-36-11-10-26(16-21(34)35)17(27)12-22-2-4-23(13-18(28)29)6-8-25(15-20(32)33)9-7-24(5-3-22)14-19(30)31/h21,34-35H,2-16H2,1H3,(H,28,29)(H,30,31)(H,32,33). The first-order valence-corrected chi connectivity index (χ1v) is 11.7. The molecule has 0 saturated carbocycles. The summed E-state index contributed by atoms with van der Waals surface area (Å²) in [4.78, 5) is 54.9. The number of aliphatic hydroxyl groups excluding tert-OH is 1. The van der Waals surface area contributed by atoms with Crippen molar-refractivity contribution in [2.75, 3.05) is 105 Å². The van der Waals surface area contributed by atoms with Crippen molar-refractivity contribution in [2.45, 2.75) is 6.29 Å². The maximum absolute atomic E-state index is 12.9. The Morgan fingerprint density at radius 2 is 1.03 bits per heavy atom. The number of carboxylic acids is 3. The van der Waals surface area contributed by atoms with Gasteiger partial charge in [0.25, 0.3) is 0 Å². The van der Waals surface area contributed by atoms with E-state index in [4.69, 9.17) is 4.74 Å². The molecular weight excluding hydrogens is 482 g/mol. The van der Waals surface area contributed by atoms with Crippen molar-refractivity contribution >= 4 is 23.8 Å². The minimum Gasteiger partial charge on any atom is -0.480 e. The van der Waals surface area contributed by atoms with Gasteiger partial charge in [0.15, 0.2) is 6.29 Å². The number of nitrogens with zero attached hydrogens (tertiary/aromatic N) is 5. The molecule has 1 aliphatic rings. The van der Waals surface area contributed by atoms with E-state index in [2.05, 4.69) is 0 Å². The second-order valence-electron chi connectivity index (χ2n) is 8.60. The summed E-state index contributed by atoms with van der Waals surface area (Å²) in [6.45, 7) is 1.42. The number of aliphatic carboxylic acids is 3. The summed E-state index contributed by atoms with van der Waals surface area (Å²) >= 11 is 0. The van der Waals surface area contributed by atoms with Gasteiger partial charge in [-0.15, -0.1) is 0 Å². The predicted molar refractivity (Wildman–Crippen MR) is 125 cm³/mol. The molecule has 0 aliphatic carbocycles. The number of rotatable bonds is 13. The van der Waals surface area contributed by atoms with Crippen LogP contribution in [0, 0.1) is 0 Å². The van der Waals surface area contributed by atoms with Gasteiger partial charge in [-0.2, -0.15) is 0 Å². The first kappa shape index (κ1) is 31.6. The third-order valence-electron chi connectivity index (χ3n) is 5.67. The highest BCUT2D eigenvalue weighted by Crippen LogP contribution is 2.03. The molecule has 0 aromatic heterocycles. The molecule has 36 heavy (non-hydrogen) atoms. The molecule has 0 bridgehead atoms. The van der Waals surface area contributed by atoms with E-state index in [1.54, 1.807) is 19.6 Å². The third kappa shape index (κ3) is 14.2. The number of aliphatic hydroxyl groups is 2. The van der Waals surface area contributed by atoms with Crippen molar-refractivity contribution in [3.05, 3.63) is 0 Å². The highest BCUT2D eigenvalue weighted by Gasteiger charge is 2.23. The lowest BCUT2D eigenvalue weighted by Gasteiger charge is -2.33. The van der Waals surface area contributed by atoms with Crippen LogP contribution >= 0.6 is 0 Å². The Hall–Kier alpha value is -2.40. The average Bonchev–Trinajstić information content (AvgIpc) is 2.76. The van der Waals surface area contributed by atoms with E-state index in [0.717, 1.165) is 0 Å². The van der Waals surface area contributed by atoms with E-state index in [1.165, 1.54) is 12.0 Å². The van der Waals surface area contributed by atoms with Crippen LogP contribution in [0.2, 0.25) is 0 Å². The number of hydrogen-bond donors (Lipinski definition) is 5. The van der Waals surface area contributed by atoms with Crippen molar-refractivity contribution in [2.24, 2.45) is 0 Å². The molecule has 1 saturated heterocycles. The zero-order valence-electron chi connectivity index (χ0n) is 20.7. The summed E-state index contributed by atoms with van der Waals surface area (Å²) in [5.74, 6) is -3.49. The van der Waals surface area contributed by atoms with Gasteiger partial charge in [0.2, 0.25) is 5.91 Å². The lowest BCUT2D eigenvalue weighted by Crippen LogP contribution is -2.51. The first-order chi connectivity index (χ1) is 17.0. The Labute approximate surface area is 210 Å². The molecule has 0 radical (unpaired) electrons. The zero-order valence-corrected chi connectivity index (χ0v) is 20.7. The molecule has 0 spiro atoms. The molecule has 0 aromatic carbocycles. The van der Waals surface area contributed by atoms with Crippen LogP contribution in [0.15, 0.2) is 0 Å². The van der Waals surface area contributed by atoms with Gasteiger partial charge in [-0.25, -0.2) is 0 Å². The summed E-state index contributed by atoms with van der Waals surface area (Å²) in [6, 6.07) is 0. The molecule has 15 nitrogen and oxygen atoms in total. The second-order valence-corrected chi connectivity index (χ2v) is 8.60. The van der Waals surface area contributed by atoms with Crippen molar-refractivity contribution in [1.29, 1.82) is 0 Å². The molecule has 15 heteroatoms. The largest absolute Gasteiger partial charge is 0.480 e. The molecule has 1 amide bonds. The van der Waals surface area contributed by atoms with E-state index in [0.29, 0.717) is 13.1 Å². The molecule has 1 rings (SSSR count). The Balaban J connectivity index is 3.03. The highest BCUT2D eigenvalue weighted by atomic mass is 16.5. The Morgan fingerprint density at radius 3 is 1.31 bits per heavy atom. The zero-order chi connectivity index (χ0) is 27.1. The van der Waals surface area contributed by atoms with Crippen molar-refractivity contribution in [1.82, 2.24) is 24.5 Å². The number of ether oxygens (including phenoxy) is 1. The maximum Gasteiger partial charge on any atom is 0.317 e. The summed E-state index contributed by atoms with van der Waals surface area (Å²) in [5.41, 5.74) is 0. The molecule has 1 aliphatic heterocycles. The molecule has 208 valence electrons. The van der Waals surface area contributed by atoms with Gasteiger partial charge < -0.3 is 35.2 Å². The van der Waals surface area contributed by atoms with E-state index >= 15 is 0 Å². The van der Waals surface area contributed by atoms with Crippen LogP contribution in [-0.2, 0) is 23.9 Å². The second kappa shape index (κ2) is 17.1. The smallest absolute Gasteiger partial charge is 0.317 e. The summed E-state index contributed by atoms with van der Waals surface area (Å²) < 4.78 is 4.99. The monoisotopic (exact) mass is 521 g/mol. The lowest BCUT2D eigenvalue weighted by atomic mass is 10.3. The quantitative estimate of drug-likeness (QED) is 0.148. The van der Waals surface area contributed by atoms with Crippen LogP contribution in [0.4, 0.5) is 0 Å². The predicted octanol–water partition coefficient (Wildman–Crippen LogP) is -3.75. The van der Waals surface area contributed by atoms with Crippen molar-refractivity contribution in [3.63, 3.8) is 0 Å². The summed E-state index contributed by atoms with van der Waals surface area (Å²) in [6.07, 6.45) is -1.72. The van der Waals surface area contributed by atoms with Gasteiger partial charge in [-0.05, 0) is 0 Å². The Morgan fingerprint density at radius 1 is 0.694 bits per heavy atom. The molecule has 0 aromatic rings. The molecule has 5 N–H and O–H groups in total. The lowest BCUT2D eigenvalue weighted by molar-refractivity contribution is -0.141. The van der Waals surface area contributed by atoms with Gasteiger partial charge in [0.05, 0.1) is 39.3 Å². The van der Waals surface area contributed by atoms with E-state index in [1.807, 2.05) is 0 Å². The minimum atomic E-state index is -1.72. The normalized spacial score (nSPS) is 17.9. The van der Waals surface area contributed by atoms with Gasteiger partial charge in [0, 0.05) is 66.0 Å². The highest BCUT2D eigenvalue weighted by molar-refractivity contribution is 5.78. The number of carbonyl (C=O) groups excluding carboxylic acids is 1. The van der Waals surface area contributed by atoms with Gasteiger partial charge >= 0.3 is 17.9 Å². The Kier molecular flexibility index (Phi) is 15.0. The fourth-order valence-corrected chi connectivity index (χ4v) is 3.79. The van der Waals surface area contributed by atoms with Crippen LogP contribution < -0.4 is 0 Å². The maximum atomic E-state index is 12.9. The number of amides is 1. The molecular formula is C21H39N5O10. The number of methoxy groups -OCH3 is 1. The fourth-order valence-electron chi connectivity index (χ4n) is 3.79. The van der Waals surface area contributed by atoms with Gasteiger partial charge in [0.1, 0.15) is 0 Å². The number of carbonyl (C=O) groups is 4. The van der Waals surface area contributed by atoms with Crippen molar-refractivity contribution < 1.29 is 49.4 Å². The topological polar surface area (TPSA) is 195 Å². The van der Waals surface area contributed by atoms with Crippen LogP contribution in [0.3, 0.4) is 0 Å². The van der Waals surface area contributed by atoms with Crippen LogP contribution in [0.5, 0.6) is 0 Å². The Bertz CT molecular complexity index is 679. The molecule has 1 heterocycles. The molecule has 1 fully saturated rings. The number of hydrogen-bond acceptors (Lipinski definition) is 11. The third-order valence-corrected chi connectivity index (χ3v) is 5.67. The van der Waals surface area contributed by atoms with Crippen LogP contribution in [-0.4, -0.2) is 185 Å². The van der Waals surface area contributed by atoms with Crippen molar-refractivity contribution in [3.8, 4) is 0 Å². The van der Waals surface area contributed by atoms with Gasteiger partial charge in [-0.1, -0.05) is 0 Å². The summed E-state index contributed by atoms with van der Waals surface area (Å²) in [5, 5.41) is 46.5. The van der Waals surface area contributed by atoms with E-state index < -0.39 is 24.2 Å². The SMILES string of the molecule is COCCN(CC(O)O)C(=O)CN1CCN(CC(=O)O)CCN(CC(=O)O)CCN(CC(=O)O)CC1. The first-order valence-electron chi connectivity index (χ1n) is 11.7. The number of carboxylic acid groups (broad SMARTS) is 3.